The first-order chi connectivity index (χ1) is 11.4. The molecule has 5 heteroatoms. The van der Waals surface area contributed by atoms with E-state index in [-0.39, 0.29) is 11.4 Å². The van der Waals surface area contributed by atoms with Gasteiger partial charge >= 0.3 is 6.03 Å². The summed E-state index contributed by atoms with van der Waals surface area (Å²) in [6, 6.07) is 15.5. The number of pyridine rings is 1. The van der Waals surface area contributed by atoms with E-state index in [0.29, 0.717) is 6.54 Å². The van der Waals surface area contributed by atoms with Crippen molar-refractivity contribution in [2.24, 2.45) is 0 Å². The molecule has 0 aliphatic heterocycles. The van der Waals surface area contributed by atoms with Crippen molar-refractivity contribution in [2.75, 3.05) is 5.32 Å². The molecule has 0 aliphatic carbocycles. The van der Waals surface area contributed by atoms with E-state index in [1.165, 1.54) is 5.56 Å². The smallest absolute Gasteiger partial charge is 0.319 e. The lowest BCUT2D eigenvalue weighted by atomic mass is 9.87. The predicted octanol–water partition coefficient (Wildman–Crippen LogP) is 3.95. The van der Waals surface area contributed by atoms with Gasteiger partial charge < -0.3 is 10.6 Å². The third-order valence-electron chi connectivity index (χ3n) is 3.86. The van der Waals surface area contributed by atoms with Crippen LogP contribution in [0.25, 0.3) is 5.52 Å². The van der Waals surface area contributed by atoms with Crippen LogP contribution in [-0.2, 0) is 12.0 Å². The van der Waals surface area contributed by atoms with Gasteiger partial charge in [-0.1, -0.05) is 39.0 Å². The van der Waals surface area contributed by atoms with Crippen LogP contribution in [0.2, 0.25) is 0 Å². The average molecular weight is 322 g/mol. The van der Waals surface area contributed by atoms with Crippen molar-refractivity contribution < 1.29 is 4.79 Å². The molecule has 2 amide bonds. The van der Waals surface area contributed by atoms with E-state index in [1.807, 2.05) is 54.7 Å². The fourth-order valence-electron chi connectivity index (χ4n) is 2.48. The molecule has 0 aliphatic rings. The maximum atomic E-state index is 12.0. The van der Waals surface area contributed by atoms with Crippen LogP contribution in [0, 0.1) is 0 Å². The fourth-order valence-corrected chi connectivity index (χ4v) is 2.48. The minimum absolute atomic E-state index is 0.101. The number of urea groups is 1. The van der Waals surface area contributed by atoms with Crippen LogP contribution in [0.1, 0.15) is 32.0 Å². The number of anilines is 1. The van der Waals surface area contributed by atoms with Crippen LogP contribution >= 0.6 is 0 Å². The third kappa shape index (κ3) is 3.74. The van der Waals surface area contributed by atoms with Gasteiger partial charge in [0.25, 0.3) is 0 Å². The molecule has 3 aromatic rings. The number of nitrogens with one attached hydrogen (secondary N) is 2. The highest BCUT2D eigenvalue weighted by Crippen LogP contribution is 2.23. The summed E-state index contributed by atoms with van der Waals surface area (Å²) in [6.07, 6.45) is 1.88. The lowest BCUT2D eigenvalue weighted by molar-refractivity contribution is 0.251. The van der Waals surface area contributed by atoms with Crippen LogP contribution in [0.5, 0.6) is 0 Å². The molecule has 124 valence electrons. The molecule has 0 unspecified atom stereocenters. The summed E-state index contributed by atoms with van der Waals surface area (Å²) in [4.78, 5) is 12.0. The molecule has 0 atom stereocenters. The van der Waals surface area contributed by atoms with Crippen LogP contribution in [-0.4, -0.2) is 15.6 Å². The van der Waals surface area contributed by atoms with Crippen LogP contribution < -0.4 is 10.6 Å². The fraction of sp³-hybridized carbons (Fsp3) is 0.263. The zero-order valence-electron chi connectivity index (χ0n) is 14.2. The molecule has 24 heavy (non-hydrogen) atoms. The Kier molecular flexibility index (Phi) is 4.25. The maximum Gasteiger partial charge on any atom is 0.319 e. The quantitative estimate of drug-likeness (QED) is 0.767. The van der Waals surface area contributed by atoms with Gasteiger partial charge in [0.05, 0.1) is 17.8 Å². The first-order valence-electron chi connectivity index (χ1n) is 8.00. The Labute approximate surface area is 141 Å². The summed E-state index contributed by atoms with van der Waals surface area (Å²) < 4.78 is 1.79. The largest absolute Gasteiger partial charge is 0.332 e. The number of nitrogens with zero attached hydrogens (tertiary/aromatic N) is 2. The SMILES string of the molecule is CC(C)(C)c1ccc(NC(=O)NCc2cc3ccccn3n2)cc1. The molecule has 2 aromatic heterocycles. The lowest BCUT2D eigenvalue weighted by Gasteiger charge is -2.19. The van der Waals surface area contributed by atoms with E-state index >= 15 is 0 Å². The highest BCUT2D eigenvalue weighted by Gasteiger charge is 2.13. The number of benzene rings is 1. The Bertz CT molecular complexity index is 811. The number of aromatic nitrogens is 2. The Hall–Kier alpha value is -2.82. The highest BCUT2D eigenvalue weighted by atomic mass is 16.2. The second-order valence-corrected chi connectivity index (χ2v) is 6.84. The second-order valence-electron chi connectivity index (χ2n) is 6.84. The number of fused-ring (bicyclic) bond motifs is 1. The summed E-state index contributed by atoms with van der Waals surface area (Å²) in [5.41, 5.74) is 3.93. The molecule has 0 radical (unpaired) electrons. The second kappa shape index (κ2) is 6.35. The number of amides is 2. The Morgan fingerprint density at radius 1 is 1.12 bits per heavy atom. The van der Waals surface area contributed by atoms with E-state index in [4.69, 9.17) is 0 Å². The normalized spacial score (nSPS) is 11.5. The van der Waals surface area contributed by atoms with Crippen LogP contribution in [0.4, 0.5) is 10.5 Å². The van der Waals surface area contributed by atoms with Gasteiger partial charge in [-0.25, -0.2) is 9.31 Å². The first-order valence-corrected chi connectivity index (χ1v) is 8.00. The monoisotopic (exact) mass is 322 g/mol. The number of hydrogen-bond donors (Lipinski definition) is 2. The van der Waals surface area contributed by atoms with E-state index in [1.54, 1.807) is 4.52 Å². The lowest BCUT2D eigenvalue weighted by Crippen LogP contribution is -2.28. The molecule has 0 spiro atoms. The minimum Gasteiger partial charge on any atom is -0.332 e. The molecule has 5 nitrogen and oxygen atoms in total. The molecule has 0 fully saturated rings. The van der Waals surface area contributed by atoms with Crippen molar-refractivity contribution >= 4 is 17.2 Å². The predicted molar refractivity (Wildman–Crippen MR) is 96.2 cm³/mol. The molecule has 3 rings (SSSR count). The van der Waals surface area contributed by atoms with Gasteiger partial charge in [-0.2, -0.15) is 5.10 Å². The van der Waals surface area contributed by atoms with Crippen molar-refractivity contribution in [1.82, 2.24) is 14.9 Å². The van der Waals surface area contributed by atoms with Gasteiger partial charge in [0, 0.05) is 11.9 Å². The Morgan fingerprint density at radius 2 is 1.88 bits per heavy atom. The average Bonchev–Trinajstić information content (AvgIpc) is 2.95. The summed E-state index contributed by atoms with van der Waals surface area (Å²) in [5.74, 6) is 0. The van der Waals surface area contributed by atoms with E-state index in [2.05, 4.69) is 36.5 Å². The number of carbonyl (C=O) groups excluding carboxylic acids is 1. The maximum absolute atomic E-state index is 12.0. The van der Waals surface area contributed by atoms with Crippen molar-refractivity contribution in [3.63, 3.8) is 0 Å². The molecular weight excluding hydrogens is 300 g/mol. The van der Waals surface area contributed by atoms with Gasteiger partial charge in [-0.3, -0.25) is 0 Å². The zero-order valence-corrected chi connectivity index (χ0v) is 14.2. The van der Waals surface area contributed by atoms with E-state index in [0.717, 1.165) is 16.9 Å². The minimum atomic E-state index is -0.240. The summed E-state index contributed by atoms with van der Waals surface area (Å²) >= 11 is 0. The molecule has 0 saturated carbocycles. The van der Waals surface area contributed by atoms with Crippen molar-refractivity contribution in [3.05, 3.63) is 66.0 Å². The molecule has 1 aromatic carbocycles. The molecule has 0 bridgehead atoms. The summed E-state index contributed by atoms with van der Waals surface area (Å²) in [7, 11) is 0. The van der Waals surface area contributed by atoms with E-state index in [9.17, 15) is 4.79 Å². The highest BCUT2D eigenvalue weighted by molar-refractivity contribution is 5.89. The number of hydrogen-bond acceptors (Lipinski definition) is 2. The Morgan fingerprint density at radius 3 is 2.54 bits per heavy atom. The van der Waals surface area contributed by atoms with Crippen LogP contribution in [0.15, 0.2) is 54.7 Å². The number of rotatable bonds is 3. The first kappa shape index (κ1) is 16.1. The summed E-state index contributed by atoms with van der Waals surface area (Å²) in [5, 5.41) is 10.1. The topological polar surface area (TPSA) is 58.4 Å². The Balaban J connectivity index is 1.57. The van der Waals surface area contributed by atoms with Crippen molar-refractivity contribution in [3.8, 4) is 0 Å². The number of carbonyl (C=O) groups is 1. The van der Waals surface area contributed by atoms with Gasteiger partial charge in [-0.05, 0) is 41.3 Å². The van der Waals surface area contributed by atoms with Crippen molar-refractivity contribution in [2.45, 2.75) is 32.7 Å². The molecular formula is C19H22N4O. The van der Waals surface area contributed by atoms with Gasteiger partial charge in [0.2, 0.25) is 0 Å². The molecule has 2 N–H and O–H groups in total. The summed E-state index contributed by atoms with van der Waals surface area (Å²) in [6.45, 7) is 6.87. The third-order valence-corrected chi connectivity index (χ3v) is 3.86. The van der Waals surface area contributed by atoms with Crippen molar-refractivity contribution in [1.29, 1.82) is 0 Å². The van der Waals surface area contributed by atoms with Crippen LogP contribution in [0.3, 0.4) is 0 Å². The molecule has 2 heterocycles. The van der Waals surface area contributed by atoms with Gasteiger partial charge in [-0.15, -0.1) is 0 Å². The standard InChI is InChI=1S/C19H22N4O/c1-19(2,3)14-7-9-15(10-8-14)21-18(24)20-13-16-12-17-6-4-5-11-23(17)22-16/h4-12H,13H2,1-3H3,(H2,20,21,24). The van der Waals surface area contributed by atoms with Gasteiger partial charge in [0.1, 0.15) is 0 Å². The zero-order chi connectivity index (χ0) is 17.2. The van der Waals surface area contributed by atoms with Gasteiger partial charge in [0.15, 0.2) is 0 Å². The molecule has 0 saturated heterocycles. The van der Waals surface area contributed by atoms with E-state index < -0.39 is 0 Å².